The highest BCUT2D eigenvalue weighted by atomic mass is 16.6. The molecule has 2 N–H and O–H groups in total. The number of aromatic nitrogens is 2. The standard InChI is InChI=1S/C26H23N5O3/c1-3-17-11-13-19(14-12-17)28-25(32)23-16(2)27-26-29-21-9-4-5-10-22(21)30(26)24(23)18-7-6-8-20(15-18)31(33)34/h4-15,24H,3H2,1-2H3,(H,27,29)(H,28,32)/t24-/m1/s1. The molecule has 1 aliphatic heterocycles. The molecule has 0 saturated carbocycles. The summed E-state index contributed by atoms with van der Waals surface area (Å²) in [5.41, 5.74) is 5.16. The Labute approximate surface area is 196 Å². The smallest absolute Gasteiger partial charge is 0.269 e. The molecule has 0 unspecified atom stereocenters. The van der Waals surface area contributed by atoms with Crippen LogP contribution in [-0.2, 0) is 11.2 Å². The fourth-order valence-corrected chi connectivity index (χ4v) is 4.40. The average molecular weight is 454 g/mol. The summed E-state index contributed by atoms with van der Waals surface area (Å²) in [6.45, 7) is 3.90. The third-order valence-electron chi connectivity index (χ3n) is 6.09. The highest BCUT2D eigenvalue weighted by molar-refractivity contribution is 6.06. The van der Waals surface area contributed by atoms with Gasteiger partial charge < -0.3 is 10.6 Å². The Bertz CT molecular complexity index is 1450. The van der Waals surface area contributed by atoms with Gasteiger partial charge in [0.2, 0.25) is 5.95 Å². The summed E-state index contributed by atoms with van der Waals surface area (Å²) in [5, 5.41) is 17.8. The van der Waals surface area contributed by atoms with Gasteiger partial charge in [0.05, 0.1) is 27.6 Å². The summed E-state index contributed by atoms with van der Waals surface area (Å²) in [6, 6.07) is 21.2. The number of amides is 1. The number of nitrogens with one attached hydrogen (secondary N) is 2. The van der Waals surface area contributed by atoms with Gasteiger partial charge in [-0.15, -0.1) is 0 Å². The summed E-state index contributed by atoms with van der Waals surface area (Å²) < 4.78 is 1.93. The number of hydrogen-bond acceptors (Lipinski definition) is 5. The number of nitrogens with zero attached hydrogens (tertiary/aromatic N) is 3. The lowest BCUT2D eigenvalue weighted by atomic mass is 9.94. The molecule has 1 aromatic heterocycles. The molecule has 0 fully saturated rings. The first kappa shape index (κ1) is 21.4. The number of fused-ring (bicyclic) bond motifs is 3. The highest BCUT2D eigenvalue weighted by Crippen LogP contribution is 2.40. The monoisotopic (exact) mass is 453 g/mol. The van der Waals surface area contributed by atoms with Gasteiger partial charge in [-0.1, -0.05) is 43.3 Å². The van der Waals surface area contributed by atoms with E-state index in [9.17, 15) is 14.9 Å². The zero-order valence-corrected chi connectivity index (χ0v) is 18.8. The van der Waals surface area contributed by atoms with Crippen molar-refractivity contribution in [2.75, 3.05) is 10.6 Å². The van der Waals surface area contributed by atoms with Crippen LogP contribution in [0.15, 0.2) is 84.1 Å². The second kappa shape index (κ2) is 8.47. The lowest BCUT2D eigenvalue weighted by Gasteiger charge is -2.30. The lowest BCUT2D eigenvalue weighted by molar-refractivity contribution is -0.384. The summed E-state index contributed by atoms with van der Waals surface area (Å²) in [5.74, 6) is 0.299. The highest BCUT2D eigenvalue weighted by Gasteiger charge is 2.34. The number of nitro benzene ring substituents is 1. The number of aryl methyl sites for hydroxylation is 1. The predicted octanol–water partition coefficient (Wildman–Crippen LogP) is 5.43. The van der Waals surface area contributed by atoms with E-state index in [4.69, 9.17) is 0 Å². The number of allylic oxidation sites excluding steroid dienone is 1. The summed E-state index contributed by atoms with van der Waals surface area (Å²) >= 11 is 0. The number of anilines is 2. The van der Waals surface area contributed by atoms with Gasteiger partial charge in [0, 0.05) is 23.5 Å². The van der Waals surface area contributed by atoms with Crippen LogP contribution >= 0.6 is 0 Å². The van der Waals surface area contributed by atoms with Crippen molar-refractivity contribution < 1.29 is 9.72 Å². The van der Waals surface area contributed by atoms with E-state index < -0.39 is 11.0 Å². The Morgan fingerprint density at radius 2 is 1.88 bits per heavy atom. The third-order valence-corrected chi connectivity index (χ3v) is 6.09. The Morgan fingerprint density at radius 1 is 1.12 bits per heavy atom. The van der Waals surface area contributed by atoms with Gasteiger partial charge in [0.1, 0.15) is 0 Å². The van der Waals surface area contributed by atoms with Gasteiger partial charge in [0.25, 0.3) is 11.6 Å². The molecule has 8 heteroatoms. The average Bonchev–Trinajstić information content (AvgIpc) is 3.21. The topological polar surface area (TPSA) is 102 Å². The SMILES string of the molecule is CCc1ccc(NC(=O)C2=C(C)Nc3nc4ccccc4n3[C@@H]2c2cccc([N+](=O)[O-])c2)cc1. The van der Waals surface area contributed by atoms with Crippen LogP contribution in [0.3, 0.4) is 0 Å². The number of rotatable bonds is 5. The van der Waals surface area contributed by atoms with Gasteiger partial charge in [0.15, 0.2) is 0 Å². The molecule has 1 aliphatic rings. The maximum Gasteiger partial charge on any atom is 0.269 e. The Kier molecular flexibility index (Phi) is 5.33. The van der Waals surface area contributed by atoms with Crippen LogP contribution in [-0.4, -0.2) is 20.4 Å². The number of benzene rings is 3. The van der Waals surface area contributed by atoms with Gasteiger partial charge in [-0.25, -0.2) is 4.98 Å². The van der Waals surface area contributed by atoms with E-state index in [2.05, 4.69) is 22.5 Å². The number of non-ortho nitro benzene ring substituents is 1. The first-order chi connectivity index (χ1) is 16.5. The van der Waals surface area contributed by atoms with Crippen molar-refractivity contribution in [3.63, 3.8) is 0 Å². The van der Waals surface area contributed by atoms with Crippen molar-refractivity contribution >= 4 is 34.3 Å². The maximum atomic E-state index is 13.6. The van der Waals surface area contributed by atoms with E-state index in [-0.39, 0.29) is 11.6 Å². The molecule has 34 heavy (non-hydrogen) atoms. The molecule has 8 nitrogen and oxygen atoms in total. The molecule has 170 valence electrons. The van der Waals surface area contributed by atoms with E-state index in [0.717, 1.165) is 17.5 Å². The fraction of sp³-hybridized carbons (Fsp3) is 0.154. The fourth-order valence-electron chi connectivity index (χ4n) is 4.40. The van der Waals surface area contributed by atoms with E-state index >= 15 is 0 Å². The minimum Gasteiger partial charge on any atom is -0.329 e. The number of imidazole rings is 1. The number of hydrogen-bond donors (Lipinski definition) is 2. The first-order valence-corrected chi connectivity index (χ1v) is 11.1. The minimum absolute atomic E-state index is 0.0328. The molecular weight excluding hydrogens is 430 g/mol. The van der Waals surface area contributed by atoms with Crippen molar-refractivity contribution in [2.45, 2.75) is 26.3 Å². The molecule has 0 radical (unpaired) electrons. The van der Waals surface area contributed by atoms with Crippen molar-refractivity contribution in [1.29, 1.82) is 0 Å². The van der Waals surface area contributed by atoms with Crippen LogP contribution < -0.4 is 10.6 Å². The molecule has 1 amide bonds. The number of carbonyl (C=O) groups is 1. The van der Waals surface area contributed by atoms with Crippen LogP contribution in [0.25, 0.3) is 11.0 Å². The molecule has 5 rings (SSSR count). The third kappa shape index (κ3) is 3.69. The number of carbonyl (C=O) groups excluding carboxylic acids is 1. The maximum absolute atomic E-state index is 13.6. The zero-order valence-electron chi connectivity index (χ0n) is 18.8. The van der Waals surface area contributed by atoms with E-state index in [1.54, 1.807) is 12.1 Å². The molecule has 2 heterocycles. The number of nitro groups is 1. The molecule has 0 aliphatic carbocycles. The van der Waals surface area contributed by atoms with Gasteiger partial charge in [-0.2, -0.15) is 0 Å². The van der Waals surface area contributed by atoms with Crippen molar-refractivity contribution in [2.24, 2.45) is 0 Å². The Hall–Kier alpha value is -4.46. The molecule has 0 bridgehead atoms. The largest absolute Gasteiger partial charge is 0.329 e. The van der Waals surface area contributed by atoms with E-state index in [0.29, 0.717) is 28.5 Å². The van der Waals surface area contributed by atoms with Gasteiger partial charge in [-0.3, -0.25) is 19.5 Å². The van der Waals surface area contributed by atoms with Crippen LogP contribution in [0.5, 0.6) is 0 Å². The van der Waals surface area contributed by atoms with Crippen molar-refractivity contribution in [3.8, 4) is 0 Å². The van der Waals surface area contributed by atoms with Gasteiger partial charge in [-0.05, 0) is 48.7 Å². The molecule has 0 saturated heterocycles. The summed E-state index contributed by atoms with van der Waals surface area (Å²) in [6.07, 6.45) is 0.910. The normalized spacial score (nSPS) is 15.1. The molecular formula is C26H23N5O3. The zero-order chi connectivity index (χ0) is 23.8. The van der Waals surface area contributed by atoms with Crippen molar-refractivity contribution in [3.05, 3.63) is 105 Å². The molecule has 4 aromatic rings. The lowest BCUT2D eigenvalue weighted by Crippen LogP contribution is -2.31. The minimum atomic E-state index is -0.599. The summed E-state index contributed by atoms with van der Waals surface area (Å²) in [7, 11) is 0. The summed E-state index contributed by atoms with van der Waals surface area (Å²) in [4.78, 5) is 29.4. The number of para-hydroxylation sites is 2. The first-order valence-electron chi connectivity index (χ1n) is 11.1. The molecule has 3 aromatic carbocycles. The van der Waals surface area contributed by atoms with Crippen molar-refractivity contribution in [1.82, 2.24) is 9.55 Å². The van der Waals surface area contributed by atoms with Gasteiger partial charge >= 0.3 is 0 Å². The second-order valence-corrected chi connectivity index (χ2v) is 8.22. The Morgan fingerprint density at radius 3 is 2.62 bits per heavy atom. The second-order valence-electron chi connectivity index (χ2n) is 8.22. The van der Waals surface area contributed by atoms with Crippen LogP contribution in [0.2, 0.25) is 0 Å². The predicted molar refractivity (Wildman–Crippen MR) is 132 cm³/mol. The van der Waals surface area contributed by atoms with Crippen LogP contribution in [0.1, 0.15) is 31.0 Å². The Balaban J connectivity index is 1.65. The van der Waals surface area contributed by atoms with Crippen LogP contribution in [0.4, 0.5) is 17.3 Å². The van der Waals surface area contributed by atoms with Crippen LogP contribution in [0, 0.1) is 10.1 Å². The molecule has 1 atom stereocenters. The quantitative estimate of drug-likeness (QED) is 0.310. The molecule has 0 spiro atoms. The van der Waals surface area contributed by atoms with E-state index in [1.807, 2.05) is 60.0 Å². The van der Waals surface area contributed by atoms with E-state index in [1.165, 1.54) is 17.7 Å².